The number of benzene rings is 1. The predicted octanol–water partition coefficient (Wildman–Crippen LogP) is 2.34. The molecule has 0 bridgehead atoms. The lowest BCUT2D eigenvalue weighted by molar-refractivity contribution is 0.0695. The molecule has 2 aliphatic heterocycles. The SMILES string of the molecule is Cc1c(C(=O)O)cc(C2CN(C)C2)cc1N(C)C1CCOCC1. The molecule has 0 aromatic heterocycles. The molecular weight excluding hydrogens is 292 g/mol. The third-order valence-electron chi connectivity index (χ3n) is 5.29. The first kappa shape index (κ1) is 16.3. The van der Waals surface area contributed by atoms with Crippen LogP contribution in [0.5, 0.6) is 0 Å². The molecule has 0 radical (unpaired) electrons. The van der Waals surface area contributed by atoms with Crippen molar-refractivity contribution in [2.75, 3.05) is 45.3 Å². The number of nitrogens with zero attached hydrogens (tertiary/aromatic N) is 2. The second-order valence-electron chi connectivity index (χ2n) is 6.89. The largest absolute Gasteiger partial charge is 0.478 e. The monoisotopic (exact) mass is 318 g/mol. The van der Waals surface area contributed by atoms with Gasteiger partial charge in [0, 0.05) is 51.0 Å². The second-order valence-corrected chi connectivity index (χ2v) is 6.89. The average molecular weight is 318 g/mol. The number of carboxylic acid groups (broad SMARTS) is 1. The number of likely N-dealkylation sites (N-methyl/N-ethyl adjacent to an activating group) is 1. The van der Waals surface area contributed by atoms with Gasteiger partial charge in [-0.2, -0.15) is 0 Å². The lowest BCUT2D eigenvalue weighted by Gasteiger charge is -2.38. The Morgan fingerprint density at radius 2 is 1.96 bits per heavy atom. The Kier molecular flexibility index (Phi) is 4.60. The summed E-state index contributed by atoms with van der Waals surface area (Å²) in [6, 6.07) is 4.49. The minimum Gasteiger partial charge on any atom is -0.478 e. The molecule has 0 amide bonds. The fourth-order valence-electron chi connectivity index (χ4n) is 3.72. The molecule has 3 rings (SSSR count). The van der Waals surface area contributed by atoms with Crippen molar-refractivity contribution in [3.63, 3.8) is 0 Å². The number of ether oxygens (including phenoxy) is 1. The number of hydrogen-bond acceptors (Lipinski definition) is 4. The summed E-state index contributed by atoms with van der Waals surface area (Å²) >= 11 is 0. The molecule has 23 heavy (non-hydrogen) atoms. The molecule has 0 saturated carbocycles. The molecule has 126 valence electrons. The van der Waals surface area contributed by atoms with Crippen molar-refractivity contribution in [1.29, 1.82) is 0 Å². The third-order valence-corrected chi connectivity index (χ3v) is 5.29. The van der Waals surface area contributed by atoms with Crippen LogP contribution in [0.15, 0.2) is 12.1 Å². The smallest absolute Gasteiger partial charge is 0.336 e. The number of rotatable bonds is 4. The summed E-state index contributed by atoms with van der Waals surface area (Å²) in [4.78, 5) is 16.2. The van der Waals surface area contributed by atoms with E-state index in [1.807, 2.05) is 13.0 Å². The highest BCUT2D eigenvalue weighted by Crippen LogP contribution is 2.34. The van der Waals surface area contributed by atoms with Crippen LogP contribution in [0.25, 0.3) is 0 Å². The quantitative estimate of drug-likeness (QED) is 0.923. The van der Waals surface area contributed by atoms with E-state index in [1.54, 1.807) is 0 Å². The van der Waals surface area contributed by atoms with E-state index in [2.05, 4.69) is 30.0 Å². The second kappa shape index (κ2) is 6.49. The van der Waals surface area contributed by atoms with E-state index >= 15 is 0 Å². The number of anilines is 1. The summed E-state index contributed by atoms with van der Waals surface area (Å²) in [7, 11) is 4.18. The molecule has 1 aromatic rings. The molecular formula is C18H26N2O3. The van der Waals surface area contributed by atoms with Gasteiger partial charge in [-0.1, -0.05) is 0 Å². The van der Waals surface area contributed by atoms with E-state index in [1.165, 1.54) is 0 Å². The van der Waals surface area contributed by atoms with Crippen LogP contribution in [-0.2, 0) is 4.74 Å². The van der Waals surface area contributed by atoms with Gasteiger partial charge in [-0.05, 0) is 50.1 Å². The zero-order valence-corrected chi connectivity index (χ0v) is 14.2. The van der Waals surface area contributed by atoms with Crippen LogP contribution in [0.3, 0.4) is 0 Å². The molecule has 1 N–H and O–H groups in total. The molecule has 5 nitrogen and oxygen atoms in total. The van der Waals surface area contributed by atoms with Crippen LogP contribution < -0.4 is 4.90 Å². The summed E-state index contributed by atoms with van der Waals surface area (Å²) in [5.74, 6) is -0.390. The van der Waals surface area contributed by atoms with Crippen molar-refractivity contribution >= 4 is 11.7 Å². The summed E-state index contributed by atoms with van der Waals surface area (Å²) in [6.45, 7) is 5.50. The normalized spacial score (nSPS) is 20.3. The Bertz CT molecular complexity index is 590. The van der Waals surface area contributed by atoms with Gasteiger partial charge in [0.1, 0.15) is 0 Å². The standard InChI is InChI=1S/C18H26N2O3/c1-12-16(18(21)22)8-13(14-10-19(2)11-14)9-17(12)20(3)15-4-6-23-7-5-15/h8-9,14-15H,4-7,10-11H2,1-3H3,(H,21,22). The molecule has 2 heterocycles. The highest BCUT2D eigenvalue weighted by molar-refractivity contribution is 5.91. The van der Waals surface area contributed by atoms with Crippen LogP contribution >= 0.6 is 0 Å². The van der Waals surface area contributed by atoms with Gasteiger partial charge >= 0.3 is 5.97 Å². The van der Waals surface area contributed by atoms with E-state index in [0.29, 0.717) is 17.5 Å². The van der Waals surface area contributed by atoms with Crippen molar-refractivity contribution < 1.29 is 14.6 Å². The zero-order chi connectivity index (χ0) is 16.6. The molecule has 2 fully saturated rings. The van der Waals surface area contributed by atoms with Crippen LogP contribution in [0, 0.1) is 6.92 Å². The number of aromatic carboxylic acids is 1. The Morgan fingerprint density at radius 1 is 1.30 bits per heavy atom. The lowest BCUT2D eigenvalue weighted by Crippen LogP contribution is -2.42. The molecule has 0 unspecified atom stereocenters. The van der Waals surface area contributed by atoms with Crippen molar-refractivity contribution in [3.8, 4) is 0 Å². The van der Waals surface area contributed by atoms with Crippen molar-refractivity contribution in [2.45, 2.75) is 31.7 Å². The topological polar surface area (TPSA) is 53.0 Å². The van der Waals surface area contributed by atoms with E-state index in [-0.39, 0.29) is 0 Å². The molecule has 2 saturated heterocycles. The lowest BCUT2D eigenvalue weighted by atomic mass is 9.88. The van der Waals surface area contributed by atoms with E-state index in [9.17, 15) is 9.90 Å². The van der Waals surface area contributed by atoms with Gasteiger partial charge in [0.15, 0.2) is 0 Å². The molecule has 0 spiro atoms. The maximum atomic E-state index is 11.7. The van der Waals surface area contributed by atoms with Gasteiger partial charge in [-0.15, -0.1) is 0 Å². The fraction of sp³-hybridized carbons (Fsp3) is 0.611. The van der Waals surface area contributed by atoms with Crippen LogP contribution in [0.2, 0.25) is 0 Å². The molecule has 5 heteroatoms. The number of hydrogen-bond donors (Lipinski definition) is 1. The Labute approximate surface area is 137 Å². The molecule has 2 aliphatic rings. The first-order valence-electron chi connectivity index (χ1n) is 8.34. The van der Waals surface area contributed by atoms with Crippen LogP contribution in [-0.4, -0.2) is 62.4 Å². The van der Waals surface area contributed by atoms with Crippen molar-refractivity contribution in [2.24, 2.45) is 0 Å². The number of carbonyl (C=O) groups is 1. The zero-order valence-electron chi connectivity index (χ0n) is 14.2. The van der Waals surface area contributed by atoms with E-state index in [4.69, 9.17) is 4.74 Å². The first-order chi connectivity index (χ1) is 11.0. The highest BCUT2D eigenvalue weighted by atomic mass is 16.5. The number of carboxylic acids is 1. The number of likely N-dealkylation sites (tertiary alicyclic amines) is 1. The minimum atomic E-state index is -0.835. The van der Waals surface area contributed by atoms with Gasteiger partial charge in [0.05, 0.1) is 5.56 Å². The maximum absolute atomic E-state index is 11.7. The molecule has 0 aliphatic carbocycles. The fourth-order valence-corrected chi connectivity index (χ4v) is 3.72. The maximum Gasteiger partial charge on any atom is 0.336 e. The predicted molar refractivity (Wildman–Crippen MR) is 90.6 cm³/mol. The summed E-state index contributed by atoms with van der Waals surface area (Å²) < 4.78 is 5.45. The van der Waals surface area contributed by atoms with Crippen molar-refractivity contribution in [3.05, 3.63) is 28.8 Å². The Balaban J connectivity index is 1.95. The molecule has 0 atom stereocenters. The highest BCUT2D eigenvalue weighted by Gasteiger charge is 2.28. The minimum absolute atomic E-state index is 0.420. The first-order valence-corrected chi connectivity index (χ1v) is 8.34. The van der Waals surface area contributed by atoms with Gasteiger partial charge in [0.25, 0.3) is 0 Å². The van der Waals surface area contributed by atoms with E-state index < -0.39 is 5.97 Å². The van der Waals surface area contributed by atoms with Gasteiger partial charge in [0.2, 0.25) is 0 Å². The average Bonchev–Trinajstić information content (AvgIpc) is 2.52. The summed E-state index contributed by atoms with van der Waals surface area (Å²) in [5, 5.41) is 9.58. The summed E-state index contributed by atoms with van der Waals surface area (Å²) in [5.41, 5.74) is 3.51. The van der Waals surface area contributed by atoms with E-state index in [0.717, 1.165) is 56.0 Å². The van der Waals surface area contributed by atoms with Gasteiger partial charge in [-0.25, -0.2) is 4.79 Å². The molecule has 1 aromatic carbocycles. The van der Waals surface area contributed by atoms with Gasteiger partial charge < -0.3 is 19.6 Å². The third kappa shape index (κ3) is 3.21. The van der Waals surface area contributed by atoms with Gasteiger partial charge in [-0.3, -0.25) is 0 Å². The Hall–Kier alpha value is -1.59. The van der Waals surface area contributed by atoms with Crippen LogP contribution in [0.1, 0.15) is 40.2 Å². The van der Waals surface area contributed by atoms with Crippen LogP contribution in [0.4, 0.5) is 5.69 Å². The van der Waals surface area contributed by atoms with Crippen molar-refractivity contribution in [1.82, 2.24) is 4.90 Å². The Morgan fingerprint density at radius 3 is 2.52 bits per heavy atom. The summed E-state index contributed by atoms with van der Waals surface area (Å²) in [6.07, 6.45) is 1.99.